The smallest absolute Gasteiger partial charge is 0.161 e. The summed E-state index contributed by atoms with van der Waals surface area (Å²) in [5, 5.41) is 4.48. The third kappa shape index (κ3) is 2.32. The zero-order valence-electron chi connectivity index (χ0n) is 8.73. The molecule has 0 fully saturated rings. The molecule has 0 aliphatic carbocycles. The van der Waals surface area contributed by atoms with E-state index < -0.39 is 0 Å². The highest BCUT2D eigenvalue weighted by Crippen LogP contribution is 2.39. The van der Waals surface area contributed by atoms with Crippen LogP contribution in [0.3, 0.4) is 0 Å². The van der Waals surface area contributed by atoms with Crippen molar-refractivity contribution in [3.8, 4) is 5.75 Å². The summed E-state index contributed by atoms with van der Waals surface area (Å²) in [6, 6.07) is 3.53. The van der Waals surface area contributed by atoms with Crippen LogP contribution in [0.25, 0.3) is 0 Å². The van der Waals surface area contributed by atoms with Gasteiger partial charge in [-0.3, -0.25) is 0 Å². The minimum absolute atomic E-state index is 0.0921. The van der Waals surface area contributed by atoms with E-state index in [-0.39, 0.29) is 5.41 Å². The van der Waals surface area contributed by atoms with E-state index in [9.17, 15) is 0 Å². The molecule has 0 spiro atoms. The molecule has 0 atom stereocenters. The van der Waals surface area contributed by atoms with Crippen LogP contribution in [0.1, 0.15) is 13.8 Å². The molecule has 0 unspecified atom stereocenters. The molecule has 0 saturated carbocycles. The quantitative estimate of drug-likeness (QED) is 0.751. The van der Waals surface area contributed by atoms with Crippen molar-refractivity contribution >= 4 is 28.9 Å². The number of ether oxygens (including phenoxy) is 1. The van der Waals surface area contributed by atoms with E-state index >= 15 is 0 Å². The van der Waals surface area contributed by atoms with Crippen LogP contribution in [0.2, 0.25) is 10.0 Å². The van der Waals surface area contributed by atoms with Crippen LogP contribution in [0.4, 0.5) is 5.69 Å². The summed E-state index contributed by atoms with van der Waals surface area (Å²) in [6.45, 7) is 5.77. The highest BCUT2D eigenvalue weighted by molar-refractivity contribution is 6.36. The lowest BCUT2D eigenvalue weighted by atomic mass is 9.95. The Morgan fingerprint density at radius 2 is 2.07 bits per heavy atom. The van der Waals surface area contributed by atoms with Crippen molar-refractivity contribution in [3.63, 3.8) is 0 Å². The average molecular weight is 246 g/mol. The molecule has 2 rings (SSSR count). The number of nitrogens with one attached hydrogen (secondary N) is 1. The Morgan fingerprint density at radius 1 is 1.33 bits per heavy atom. The van der Waals surface area contributed by atoms with Gasteiger partial charge in [0.1, 0.15) is 0 Å². The van der Waals surface area contributed by atoms with Crippen molar-refractivity contribution in [1.29, 1.82) is 0 Å². The zero-order chi connectivity index (χ0) is 11.1. The number of hydrogen-bond donors (Lipinski definition) is 1. The van der Waals surface area contributed by atoms with Gasteiger partial charge in [-0.2, -0.15) is 0 Å². The number of fused-ring (bicyclic) bond motifs is 1. The molecule has 0 aromatic heterocycles. The largest absolute Gasteiger partial charge is 0.489 e. The van der Waals surface area contributed by atoms with Gasteiger partial charge in [0.25, 0.3) is 0 Å². The van der Waals surface area contributed by atoms with Crippen molar-refractivity contribution in [2.75, 3.05) is 18.5 Å². The minimum Gasteiger partial charge on any atom is -0.489 e. The van der Waals surface area contributed by atoms with Crippen molar-refractivity contribution in [3.05, 3.63) is 22.2 Å². The van der Waals surface area contributed by atoms with Gasteiger partial charge in [-0.1, -0.05) is 37.0 Å². The summed E-state index contributed by atoms with van der Waals surface area (Å²) >= 11 is 12.0. The molecule has 1 aliphatic heterocycles. The minimum atomic E-state index is 0.0921. The Kier molecular flexibility index (Phi) is 2.73. The first kappa shape index (κ1) is 10.9. The lowest BCUT2D eigenvalue weighted by molar-refractivity contribution is 0.200. The lowest BCUT2D eigenvalue weighted by Crippen LogP contribution is -2.27. The van der Waals surface area contributed by atoms with Crippen molar-refractivity contribution in [1.82, 2.24) is 0 Å². The second kappa shape index (κ2) is 3.76. The molecule has 1 N–H and O–H groups in total. The summed E-state index contributed by atoms with van der Waals surface area (Å²) in [5.41, 5.74) is 0.965. The fraction of sp³-hybridized carbons (Fsp3) is 0.455. The van der Waals surface area contributed by atoms with E-state index in [1.165, 1.54) is 0 Å². The van der Waals surface area contributed by atoms with Gasteiger partial charge in [0.05, 0.1) is 17.3 Å². The molecule has 0 radical (unpaired) electrons. The Hall–Kier alpha value is -0.600. The number of rotatable bonds is 0. The van der Waals surface area contributed by atoms with E-state index in [1.54, 1.807) is 6.07 Å². The van der Waals surface area contributed by atoms with Crippen LogP contribution in [-0.2, 0) is 0 Å². The van der Waals surface area contributed by atoms with Gasteiger partial charge in [0.2, 0.25) is 0 Å². The number of hydrogen-bond acceptors (Lipinski definition) is 2. The third-order valence-corrected chi connectivity index (χ3v) is 2.87. The van der Waals surface area contributed by atoms with E-state index in [1.807, 2.05) is 6.07 Å². The summed E-state index contributed by atoms with van der Waals surface area (Å²) in [5.74, 6) is 0.701. The Balaban J connectivity index is 2.39. The van der Waals surface area contributed by atoms with Gasteiger partial charge in [-0.25, -0.2) is 0 Å². The SMILES string of the molecule is CC1(C)CNc2cc(Cl)cc(Cl)c2OC1. The van der Waals surface area contributed by atoms with Crippen molar-refractivity contribution in [2.24, 2.45) is 5.41 Å². The molecule has 2 nitrogen and oxygen atoms in total. The van der Waals surface area contributed by atoms with Gasteiger partial charge in [-0.05, 0) is 12.1 Å². The molecule has 1 heterocycles. The number of benzene rings is 1. The Morgan fingerprint density at radius 3 is 2.80 bits per heavy atom. The van der Waals surface area contributed by atoms with Gasteiger partial charge in [0.15, 0.2) is 5.75 Å². The normalized spacial score (nSPS) is 18.4. The van der Waals surface area contributed by atoms with Crippen molar-refractivity contribution in [2.45, 2.75) is 13.8 Å². The second-order valence-corrected chi connectivity index (χ2v) is 5.41. The zero-order valence-corrected chi connectivity index (χ0v) is 10.2. The predicted octanol–water partition coefficient (Wildman–Crippen LogP) is 3.82. The fourth-order valence-electron chi connectivity index (χ4n) is 1.49. The summed E-state index contributed by atoms with van der Waals surface area (Å²) in [6.07, 6.45) is 0. The number of anilines is 1. The highest BCUT2D eigenvalue weighted by atomic mass is 35.5. The fourth-order valence-corrected chi connectivity index (χ4v) is 2.04. The highest BCUT2D eigenvalue weighted by Gasteiger charge is 2.24. The predicted molar refractivity (Wildman–Crippen MR) is 64.2 cm³/mol. The molecule has 1 aromatic rings. The summed E-state index contributed by atoms with van der Waals surface area (Å²) in [4.78, 5) is 0. The standard InChI is InChI=1S/C11H13Cl2NO/c1-11(2)5-14-9-4-7(12)3-8(13)10(9)15-6-11/h3-4,14H,5-6H2,1-2H3. The molecule has 82 valence electrons. The van der Waals surface area contributed by atoms with Crippen molar-refractivity contribution < 1.29 is 4.74 Å². The lowest BCUT2D eigenvalue weighted by Gasteiger charge is -2.20. The van der Waals surface area contributed by atoms with Crippen LogP contribution < -0.4 is 10.1 Å². The number of halogens is 2. The first-order chi connectivity index (χ1) is 6.98. The molecular weight excluding hydrogens is 233 g/mol. The summed E-state index contributed by atoms with van der Waals surface area (Å²) in [7, 11) is 0. The molecule has 1 aromatic carbocycles. The van der Waals surface area contributed by atoms with Gasteiger partial charge >= 0.3 is 0 Å². The van der Waals surface area contributed by atoms with Gasteiger partial charge in [-0.15, -0.1) is 0 Å². The van der Waals surface area contributed by atoms with Gasteiger partial charge < -0.3 is 10.1 Å². The van der Waals surface area contributed by atoms with Crippen LogP contribution >= 0.6 is 23.2 Å². The molecule has 0 bridgehead atoms. The second-order valence-electron chi connectivity index (χ2n) is 4.57. The maximum Gasteiger partial charge on any atom is 0.161 e. The maximum absolute atomic E-state index is 6.06. The Bertz CT molecular complexity index is 390. The van der Waals surface area contributed by atoms with Crippen LogP contribution in [0.15, 0.2) is 12.1 Å². The molecular formula is C11H13Cl2NO. The summed E-state index contributed by atoms with van der Waals surface area (Å²) < 4.78 is 5.70. The Labute approximate surface area is 99.5 Å². The molecule has 4 heteroatoms. The van der Waals surface area contributed by atoms with Crippen LogP contribution in [0, 0.1) is 5.41 Å². The van der Waals surface area contributed by atoms with E-state index in [2.05, 4.69) is 19.2 Å². The molecule has 0 amide bonds. The molecule has 0 saturated heterocycles. The average Bonchev–Trinajstić information content (AvgIpc) is 2.26. The molecule has 1 aliphatic rings. The van der Waals surface area contributed by atoms with Crippen LogP contribution in [0.5, 0.6) is 5.75 Å². The topological polar surface area (TPSA) is 21.3 Å². The first-order valence-corrected chi connectivity index (χ1v) is 5.59. The van der Waals surface area contributed by atoms with Crippen LogP contribution in [-0.4, -0.2) is 13.2 Å². The molecule has 15 heavy (non-hydrogen) atoms. The van der Waals surface area contributed by atoms with E-state index in [0.717, 1.165) is 12.2 Å². The van der Waals surface area contributed by atoms with E-state index in [0.29, 0.717) is 22.4 Å². The first-order valence-electron chi connectivity index (χ1n) is 4.84. The maximum atomic E-state index is 6.06. The van der Waals surface area contributed by atoms with E-state index in [4.69, 9.17) is 27.9 Å². The monoisotopic (exact) mass is 245 g/mol. The van der Waals surface area contributed by atoms with Gasteiger partial charge in [0, 0.05) is 17.0 Å². The third-order valence-electron chi connectivity index (χ3n) is 2.37.